The number of benzene rings is 1. The Bertz CT molecular complexity index is 286. The fraction of sp³-hybridized carbons (Fsp3) is 0.455. The topological polar surface area (TPSA) is 29.3 Å². The van der Waals surface area contributed by atoms with E-state index in [4.69, 9.17) is 17.3 Å². The number of hydrogen-bond donors (Lipinski definition) is 1. The van der Waals surface area contributed by atoms with Crippen LogP contribution in [0, 0.1) is 0 Å². The van der Waals surface area contributed by atoms with Crippen molar-refractivity contribution >= 4 is 11.6 Å². The molecule has 2 nitrogen and oxygen atoms in total. The largest absolute Gasteiger partial charge is 0.330 e. The van der Waals surface area contributed by atoms with Gasteiger partial charge in [-0.2, -0.15) is 0 Å². The van der Waals surface area contributed by atoms with Crippen LogP contribution in [0.2, 0.25) is 5.02 Å². The second-order valence-corrected chi connectivity index (χ2v) is 3.99. The Balaban J connectivity index is 2.93. The monoisotopic (exact) mass is 212 g/mol. The van der Waals surface area contributed by atoms with E-state index in [0.29, 0.717) is 12.6 Å². The third-order valence-electron chi connectivity index (χ3n) is 2.33. The zero-order chi connectivity index (χ0) is 10.6. The van der Waals surface area contributed by atoms with Gasteiger partial charge in [0, 0.05) is 11.1 Å². The van der Waals surface area contributed by atoms with Crippen molar-refractivity contribution < 1.29 is 0 Å². The molecule has 78 valence electrons. The maximum atomic E-state index is 6.13. The lowest BCUT2D eigenvalue weighted by Crippen LogP contribution is -2.23. The predicted octanol–water partition coefficient (Wildman–Crippen LogP) is 2.29. The summed E-state index contributed by atoms with van der Waals surface area (Å²) >= 11 is 6.13. The molecule has 1 rings (SSSR count). The highest BCUT2D eigenvalue weighted by Gasteiger charge is 2.15. The van der Waals surface area contributed by atoms with Gasteiger partial charge >= 0.3 is 0 Å². The Hall–Kier alpha value is -0.570. The lowest BCUT2D eigenvalue weighted by atomic mass is 10.0. The summed E-state index contributed by atoms with van der Waals surface area (Å²) in [5.41, 5.74) is 6.74. The van der Waals surface area contributed by atoms with Crippen LogP contribution < -0.4 is 5.73 Å². The third-order valence-corrected chi connectivity index (χ3v) is 2.67. The molecule has 1 aromatic carbocycles. The summed E-state index contributed by atoms with van der Waals surface area (Å²) in [7, 11) is 4.09. The van der Waals surface area contributed by atoms with E-state index in [-0.39, 0.29) is 0 Å². The van der Waals surface area contributed by atoms with Gasteiger partial charge in [-0.1, -0.05) is 29.8 Å². The first-order chi connectivity index (χ1) is 6.66. The van der Waals surface area contributed by atoms with E-state index >= 15 is 0 Å². The molecule has 1 aromatic rings. The lowest BCUT2D eigenvalue weighted by Gasteiger charge is -2.25. The van der Waals surface area contributed by atoms with E-state index in [2.05, 4.69) is 11.0 Å². The maximum Gasteiger partial charge on any atom is 0.0453 e. The Morgan fingerprint density at radius 3 is 2.50 bits per heavy atom. The van der Waals surface area contributed by atoms with Crippen molar-refractivity contribution in [2.75, 3.05) is 20.6 Å². The Morgan fingerprint density at radius 1 is 1.36 bits per heavy atom. The first-order valence-electron chi connectivity index (χ1n) is 4.77. The van der Waals surface area contributed by atoms with Crippen molar-refractivity contribution in [3.63, 3.8) is 0 Å². The van der Waals surface area contributed by atoms with Crippen LogP contribution in [-0.2, 0) is 0 Å². The molecular formula is C11H17ClN2. The van der Waals surface area contributed by atoms with Crippen LogP contribution in [-0.4, -0.2) is 25.5 Å². The molecule has 0 aliphatic carbocycles. The van der Waals surface area contributed by atoms with E-state index in [1.165, 1.54) is 0 Å². The zero-order valence-corrected chi connectivity index (χ0v) is 9.46. The summed E-state index contributed by atoms with van der Waals surface area (Å²) in [4.78, 5) is 2.15. The quantitative estimate of drug-likeness (QED) is 0.830. The number of hydrogen-bond acceptors (Lipinski definition) is 2. The summed E-state index contributed by atoms with van der Waals surface area (Å²) < 4.78 is 0. The Kier molecular flexibility index (Phi) is 4.39. The molecule has 0 saturated heterocycles. The molecule has 0 amide bonds. The molecule has 0 heterocycles. The molecule has 3 heteroatoms. The molecule has 0 fully saturated rings. The fourth-order valence-corrected chi connectivity index (χ4v) is 1.86. The van der Waals surface area contributed by atoms with Gasteiger partial charge in [0.05, 0.1) is 0 Å². The summed E-state index contributed by atoms with van der Waals surface area (Å²) in [6, 6.07) is 8.25. The van der Waals surface area contributed by atoms with Crippen molar-refractivity contribution in [2.45, 2.75) is 12.5 Å². The van der Waals surface area contributed by atoms with Crippen LogP contribution in [0.25, 0.3) is 0 Å². The molecule has 0 bridgehead atoms. The molecule has 0 unspecified atom stereocenters. The molecule has 0 aliphatic heterocycles. The van der Waals surface area contributed by atoms with Crippen molar-refractivity contribution in [1.29, 1.82) is 0 Å². The van der Waals surface area contributed by atoms with Crippen LogP contribution in [0.4, 0.5) is 0 Å². The second-order valence-electron chi connectivity index (χ2n) is 3.58. The van der Waals surface area contributed by atoms with E-state index in [0.717, 1.165) is 17.0 Å². The summed E-state index contributed by atoms with van der Waals surface area (Å²) in [5, 5.41) is 0.819. The molecule has 0 radical (unpaired) electrons. The lowest BCUT2D eigenvalue weighted by molar-refractivity contribution is 0.287. The maximum absolute atomic E-state index is 6.13. The number of rotatable bonds is 4. The van der Waals surface area contributed by atoms with Crippen LogP contribution in [0.1, 0.15) is 18.0 Å². The summed E-state index contributed by atoms with van der Waals surface area (Å²) in [6.45, 7) is 0.675. The van der Waals surface area contributed by atoms with E-state index < -0.39 is 0 Å². The molecule has 0 aromatic heterocycles. The van der Waals surface area contributed by atoms with E-state index in [1.807, 2.05) is 32.3 Å². The van der Waals surface area contributed by atoms with Gasteiger partial charge in [-0.15, -0.1) is 0 Å². The minimum Gasteiger partial charge on any atom is -0.330 e. The van der Waals surface area contributed by atoms with Gasteiger partial charge < -0.3 is 10.6 Å². The number of nitrogens with two attached hydrogens (primary N) is 1. The smallest absolute Gasteiger partial charge is 0.0453 e. The molecule has 2 N–H and O–H groups in total. The third kappa shape index (κ3) is 2.71. The molecule has 0 saturated carbocycles. The Morgan fingerprint density at radius 2 is 2.00 bits per heavy atom. The molecular weight excluding hydrogens is 196 g/mol. The second kappa shape index (κ2) is 5.35. The number of nitrogens with zero attached hydrogens (tertiary/aromatic N) is 1. The van der Waals surface area contributed by atoms with Crippen LogP contribution in [0.3, 0.4) is 0 Å². The first-order valence-corrected chi connectivity index (χ1v) is 5.15. The van der Waals surface area contributed by atoms with Gasteiger partial charge in [-0.05, 0) is 38.7 Å². The summed E-state index contributed by atoms with van der Waals surface area (Å²) in [5.74, 6) is 0. The molecule has 0 aliphatic rings. The van der Waals surface area contributed by atoms with E-state index in [1.54, 1.807) is 0 Å². The zero-order valence-electron chi connectivity index (χ0n) is 8.70. The molecule has 1 atom stereocenters. The van der Waals surface area contributed by atoms with Gasteiger partial charge in [-0.3, -0.25) is 0 Å². The summed E-state index contributed by atoms with van der Waals surface area (Å²) in [6.07, 6.45) is 0.927. The molecule has 14 heavy (non-hydrogen) atoms. The highest BCUT2D eigenvalue weighted by molar-refractivity contribution is 6.31. The minimum atomic E-state index is 0.314. The predicted molar refractivity (Wildman–Crippen MR) is 61.6 cm³/mol. The normalized spacial score (nSPS) is 13.2. The van der Waals surface area contributed by atoms with Crippen molar-refractivity contribution in [2.24, 2.45) is 5.73 Å². The highest BCUT2D eigenvalue weighted by atomic mass is 35.5. The SMILES string of the molecule is CN(C)[C@@H](CCN)c1ccccc1Cl. The average Bonchev–Trinajstić information content (AvgIpc) is 2.15. The fourth-order valence-electron chi connectivity index (χ4n) is 1.60. The standard InChI is InChI=1S/C11H17ClN2/c1-14(2)11(7-8-13)9-5-3-4-6-10(9)12/h3-6,11H,7-8,13H2,1-2H3/t11-/m0/s1. The van der Waals surface area contributed by atoms with Gasteiger partial charge in [0.25, 0.3) is 0 Å². The van der Waals surface area contributed by atoms with Gasteiger partial charge in [0.15, 0.2) is 0 Å². The van der Waals surface area contributed by atoms with E-state index in [9.17, 15) is 0 Å². The van der Waals surface area contributed by atoms with Crippen LogP contribution in [0.15, 0.2) is 24.3 Å². The van der Waals surface area contributed by atoms with Crippen molar-refractivity contribution in [1.82, 2.24) is 4.90 Å². The Labute approximate surface area is 90.7 Å². The average molecular weight is 213 g/mol. The number of halogens is 1. The van der Waals surface area contributed by atoms with Gasteiger partial charge in [0.2, 0.25) is 0 Å². The van der Waals surface area contributed by atoms with Crippen LogP contribution in [0.5, 0.6) is 0 Å². The highest BCUT2D eigenvalue weighted by Crippen LogP contribution is 2.27. The minimum absolute atomic E-state index is 0.314. The molecule has 0 spiro atoms. The van der Waals surface area contributed by atoms with Crippen LogP contribution >= 0.6 is 11.6 Å². The van der Waals surface area contributed by atoms with Crippen molar-refractivity contribution in [3.8, 4) is 0 Å². The van der Waals surface area contributed by atoms with Gasteiger partial charge in [0.1, 0.15) is 0 Å². The first kappa shape index (κ1) is 11.5. The van der Waals surface area contributed by atoms with Gasteiger partial charge in [-0.25, -0.2) is 0 Å². The van der Waals surface area contributed by atoms with Crippen molar-refractivity contribution in [3.05, 3.63) is 34.9 Å².